The van der Waals surface area contributed by atoms with Crippen LogP contribution in [0.3, 0.4) is 0 Å². The maximum atomic E-state index is 11.9. The van der Waals surface area contributed by atoms with Crippen LogP contribution in [0, 0.1) is 0 Å². The van der Waals surface area contributed by atoms with Crippen LogP contribution in [0.2, 0.25) is 0 Å². The highest BCUT2D eigenvalue weighted by atomic mass is 32.1. The lowest BCUT2D eigenvalue weighted by Crippen LogP contribution is -2.27. The second-order valence-corrected chi connectivity index (χ2v) is 6.57. The molecule has 0 radical (unpaired) electrons. The second-order valence-electron chi connectivity index (χ2n) is 5.68. The van der Waals surface area contributed by atoms with Crippen molar-refractivity contribution >= 4 is 17.2 Å². The van der Waals surface area contributed by atoms with E-state index in [1.165, 1.54) is 0 Å². The maximum Gasteiger partial charge on any atom is 0.223 e. The molecule has 24 heavy (non-hydrogen) atoms. The molecule has 1 aromatic heterocycles. The van der Waals surface area contributed by atoms with Gasteiger partial charge in [-0.05, 0) is 12.1 Å². The van der Waals surface area contributed by atoms with Gasteiger partial charge in [0.2, 0.25) is 5.91 Å². The topological polar surface area (TPSA) is 60.5 Å². The lowest BCUT2D eigenvalue weighted by molar-refractivity contribution is -0.121. The number of methoxy groups -OCH3 is 1. The van der Waals surface area contributed by atoms with Crippen molar-refractivity contribution in [3.63, 3.8) is 0 Å². The molecule has 1 amide bonds. The van der Waals surface area contributed by atoms with E-state index < -0.39 is 0 Å². The van der Waals surface area contributed by atoms with Crippen molar-refractivity contribution in [3.8, 4) is 11.5 Å². The van der Waals surface area contributed by atoms with Gasteiger partial charge in [0.15, 0.2) is 11.5 Å². The van der Waals surface area contributed by atoms with Crippen molar-refractivity contribution in [1.29, 1.82) is 0 Å². The normalized spacial score (nSPS) is 10.7. The van der Waals surface area contributed by atoms with Crippen LogP contribution < -0.4 is 14.8 Å². The maximum absolute atomic E-state index is 11.9. The first-order valence-corrected chi connectivity index (χ1v) is 8.95. The van der Waals surface area contributed by atoms with Gasteiger partial charge in [0.1, 0.15) is 0 Å². The molecule has 0 saturated heterocycles. The fourth-order valence-electron chi connectivity index (χ4n) is 2.11. The molecule has 1 N–H and O–H groups in total. The molecule has 0 aliphatic rings. The van der Waals surface area contributed by atoms with Gasteiger partial charge in [0.05, 0.1) is 30.8 Å². The largest absolute Gasteiger partial charge is 0.493 e. The number of rotatable bonds is 9. The molecule has 5 nitrogen and oxygen atoms in total. The molecule has 2 rings (SSSR count). The predicted octanol–water partition coefficient (Wildman–Crippen LogP) is 3.40. The van der Waals surface area contributed by atoms with Gasteiger partial charge in [-0.2, -0.15) is 0 Å². The average Bonchev–Trinajstić information content (AvgIpc) is 3.04. The van der Waals surface area contributed by atoms with Crippen molar-refractivity contribution < 1.29 is 14.3 Å². The molecule has 0 fully saturated rings. The van der Waals surface area contributed by atoms with E-state index in [-0.39, 0.29) is 5.91 Å². The molecule has 0 bridgehead atoms. The number of carbonyl (C=O) groups excluding carboxylic acids is 1. The van der Waals surface area contributed by atoms with E-state index in [1.807, 2.05) is 24.3 Å². The van der Waals surface area contributed by atoms with Crippen molar-refractivity contribution in [1.82, 2.24) is 10.3 Å². The van der Waals surface area contributed by atoms with Crippen molar-refractivity contribution in [2.24, 2.45) is 0 Å². The van der Waals surface area contributed by atoms with E-state index in [4.69, 9.17) is 9.47 Å². The van der Waals surface area contributed by atoms with Gasteiger partial charge in [-0.3, -0.25) is 4.79 Å². The fraction of sp³-hybridized carbons (Fsp3) is 0.444. The zero-order valence-electron chi connectivity index (χ0n) is 14.4. The van der Waals surface area contributed by atoms with Crippen molar-refractivity contribution in [2.45, 2.75) is 32.6 Å². The molecule has 6 heteroatoms. The first-order valence-electron chi connectivity index (χ1n) is 8.07. The van der Waals surface area contributed by atoms with Crippen LogP contribution in [0.5, 0.6) is 11.5 Å². The number of hydrogen-bond donors (Lipinski definition) is 1. The van der Waals surface area contributed by atoms with Gasteiger partial charge in [-0.1, -0.05) is 26.0 Å². The average molecular weight is 348 g/mol. The van der Waals surface area contributed by atoms with Gasteiger partial charge in [-0.15, -0.1) is 11.3 Å². The highest BCUT2D eigenvalue weighted by molar-refractivity contribution is 7.09. The zero-order valence-corrected chi connectivity index (χ0v) is 15.2. The predicted molar refractivity (Wildman–Crippen MR) is 96.0 cm³/mol. The number of thiazole rings is 1. The molecule has 1 heterocycles. The van der Waals surface area contributed by atoms with Crippen LogP contribution in [0.4, 0.5) is 0 Å². The molecule has 0 unspecified atom stereocenters. The highest BCUT2D eigenvalue weighted by Gasteiger charge is 2.07. The van der Waals surface area contributed by atoms with Gasteiger partial charge in [0.25, 0.3) is 0 Å². The summed E-state index contributed by atoms with van der Waals surface area (Å²) in [4.78, 5) is 16.4. The summed E-state index contributed by atoms with van der Waals surface area (Å²) >= 11 is 1.68. The number of nitrogens with zero attached hydrogens (tertiary/aromatic N) is 1. The molecular weight excluding hydrogens is 324 g/mol. The molecule has 2 aromatic rings. The third kappa shape index (κ3) is 5.53. The first-order chi connectivity index (χ1) is 11.6. The molecule has 0 spiro atoms. The quantitative estimate of drug-likeness (QED) is 0.754. The van der Waals surface area contributed by atoms with E-state index in [1.54, 1.807) is 18.4 Å². The Hall–Kier alpha value is -2.08. The Morgan fingerprint density at radius 1 is 1.29 bits per heavy atom. The standard InChI is InChI=1S/C18H24N2O3S/c1-13(2)18-20-14(12-24-18)8-10-19-17(21)9-11-23-16-7-5-4-6-15(16)22-3/h4-7,12-13H,8-11H2,1-3H3,(H,19,21). The highest BCUT2D eigenvalue weighted by Crippen LogP contribution is 2.25. The van der Waals surface area contributed by atoms with Crippen LogP contribution in [0.25, 0.3) is 0 Å². The third-order valence-electron chi connectivity index (χ3n) is 3.42. The summed E-state index contributed by atoms with van der Waals surface area (Å²) in [6.07, 6.45) is 1.06. The third-order valence-corrected chi connectivity index (χ3v) is 4.62. The number of ether oxygens (including phenoxy) is 2. The summed E-state index contributed by atoms with van der Waals surface area (Å²) < 4.78 is 10.8. The van der Waals surface area contributed by atoms with E-state index in [2.05, 4.69) is 29.5 Å². The van der Waals surface area contributed by atoms with E-state index >= 15 is 0 Å². The van der Waals surface area contributed by atoms with Crippen LogP contribution >= 0.6 is 11.3 Å². The minimum Gasteiger partial charge on any atom is -0.493 e. The summed E-state index contributed by atoms with van der Waals surface area (Å²) in [5.74, 6) is 1.74. The number of nitrogens with one attached hydrogen (secondary N) is 1. The monoisotopic (exact) mass is 348 g/mol. The molecule has 0 atom stereocenters. The Labute approximate surface area is 147 Å². The Bertz CT molecular complexity index is 655. The molecular formula is C18H24N2O3S. The molecule has 0 aliphatic heterocycles. The van der Waals surface area contributed by atoms with Gasteiger partial charge in [-0.25, -0.2) is 4.98 Å². The molecule has 0 saturated carbocycles. The smallest absolute Gasteiger partial charge is 0.223 e. The van der Waals surface area contributed by atoms with Gasteiger partial charge >= 0.3 is 0 Å². The van der Waals surface area contributed by atoms with Crippen LogP contribution in [0.1, 0.15) is 36.9 Å². The Balaban J connectivity index is 1.66. The fourth-order valence-corrected chi connectivity index (χ4v) is 2.98. The first kappa shape index (κ1) is 18.3. The van der Waals surface area contributed by atoms with Crippen molar-refractivity contribution in [3.05, 3.63) is 40.3 Å². The SMILES string of the molecule is COc1ccccc1OCCC(=O)NCCc1csc(C(C)C)n1. The van der Waals surface area contributed by atoms with E-state index in [0.717, 1.165) is 17.1 Å². The number of aromatic nitrogens is 1. The number of carbonyl (C=O) groups is 1. The van der Waals surface area contributed by atoms with Gasteiger partial charge in [0, 0.05) is 24.3 Å². The summed E-state index contributed by atoms with van der Waals surface area (Å²) in [6.45, 7) is 5.17. The molecule has 0 aliphatic carbocycles. The lowest BCUT2D eigenvalue weighted by Gasteiger charge is -2.10. The lowest BCUT2D eigenvalue weighted by atomic mass is 10.2. The zero-order chi connectivity index (χ0) is 17.4. The second kappa shape index (κ2) is 9.27. The summed E-state index contributed by atoms with van der Waals surface area (Å²) in [6, 6.07) is 7.40. The summed E-state index contributed by atoms with van der Waals surface area (Å²) in [5, 5.41) is 6.10. The Morgan fingerprint density at radius 3 is 2.71 bits per heavy atom. The Morgan fingerprint density at radius 2 is 2.04 bits per heavy atom. The van der Waals surface area contributed by atoms with E-state index in [9.17, 15) is 4.79 Å². The summed E-state index contributed by atoms with van der Waals surface area (Å²) in [7, 11) is 1.60. The molecule has 1 aromatic carbocycles. The minimum atomic E-state index is -0.0239. The van der Waals surface area contributed by atoms with Gasteiger partial charge < -0.3 is 14.8 Å². The van der Waals surface area contributed by atoms with Crippen molar-refractivity contribution in [2.75, 3.05) is 20.3 Å². The Kier molecular flexibility index (Phi) is 7.06. The number of para-hydroxylation sites is 2. The molecule has 130 valence electrons. The van der Waals surface area contributed by atoms with Crippen LogP contribution in [-0.4, -0.2) is 31.2 Å². The minimum absolute atomic E-state index is 0.0239. The number of amides is 1. The number of benzene rings is 1. The number of hydrogen-bond acceptors (Lipinski definition) is 5. The van der Waals surface area contributed by atoms with E-state index in [0.29, 0.717) is 37.0 Å². The van der Waals surface area contributed by atoms with Crippen LogP contribution in [0.15, 0.2) is 29.6 Å². The summed E-state index contributed by atoms with van der Waals surface area (Å²) in [5.41, 5.74) is 1.04. The van der Waals surface area contributed by atoms with Crippen LogP contribution in [-0.2, 0) is 11.2 Å².